The van der Waals surface area contributed by atoms with Crippen molar-refractivity contribution in [3.63, 3.8) is 0 Å². The molecule has 4 heteroatoms. The molecule has 92 valence electrons. The van der Waals surface area contributed by atoms with Gasteiger partial charge in [0.2, 0.25) is 0 Å². The van der Waals surface area contributed by atoms with Crippen molar-refractivity contribution in [2.24, 2.45) is 0 Å². The number of aromatic nitrogens is 1. The van der Waals surface area contributed by atoms with Crippen LogP contribution in [0.5, 0.6) is 0 Å². The van der Waals surface area contributed by atoms with E-state index in [1.54, 1.807) is 12.3 Å². The first-order chi connectivity index (χ1) is 8.20. The van der Waals surface area contributed by atoms with Gasteiger partial charge in [-0.15, -0.1) is 0 Å². The third kappa shape index (κ3) is 2.82. The van der Waals surface area contributed by atoms with Crippen LogP contribution in [-0.2, 0) is 4.74 Å². The summed E-state index contributed by atoms with van der Waals surface area (Å²) in [7, 11) is 0. The van der Waals surface area contributed by atoms with Crippen molar-refractivity contribution in [3.8, 4) is 0 Å². The van der Waals surface area contributed by atoms with Gasteiger partial charge >= 0.3 is 0 Å². The van der Waals surface area contributed by atoms with Crippen LogP contribution in [0.2, 0.25) is 0 Å². The molecule has 2 heterocycles. The van der Waals surface area contributed by atoms with Crippen LogP contribution in [0.15, 0.2) is 18.3 Å². The van der Waals surface area contributed by atoms with Crippen molar-refractivity contribution in [1.29, 1.82) is 0 Å². The topological polar surface area (TPSA) is 42.4 Å². The zero-order valence-corrected chi connectivity index (χ0v) is 10.3. The minimum absolute atomic E-state index is 0.0897. The monoisotopic (exact) mass is 234 g/mol. The Morgan fingerprint density at radius 2 is 2.41 bits per heavy atom. The maximum absolute atomic E-state index is 11.5. The van der Waals surface area contributed by atoms with Crippen molar-refractivity contribution in [2.75, 3.05) is 24.6 Å². The molecule has 17 heavy (non-hydrogen) atoms. The molecule has 1 aromatic rings. The number of carbonyl (C=O) groups excluding carboxylic acids is 1. The fourth-order valence-corrected chi connectivity index (χ4v) is 1.97. The molecule has 1 aliphatic heterocycles. The third-order valence-electron chi connectivity index (χ3n) is 2.96. The summed E-state index contributed by atoms with van der Waals surface area (Å²) in [5, 5.41) is 0. The number of hydrogen-bond donors (Lipinski definition) is 0. The van der Waals surface area contributed by atoms with Crippen LogP contribution in [0.3, 0.4) is 0 Å². The zero-order valence-electron chi connectivity index (χ0n) is 10.3. The molecule has 2 rings (SSSR count). The highest BCUT2D eigenvalue weighted by Gasteiger charge is 2.17. The van der Waals surface area contributed by atoms with Crippen molar-refractivity contribution in [3.05, 3.63) is 24.0 Å². The average molecular weight is 234 g/mol. The second-order valence-electron chi connectivity index (χ2n) is 4.31. The Labute approximate surface area is 102 Å². The number of carbonyl (C=O) groups is 1. The highest BCUT2D eigenvalue weighted by Crippen LogP contribution is 2.17. The first kappa shape index (κ1) is 12.0. The predicted octanol–water partition coefficient (Wildman–Crippen LogP) is 1.90. The van der Waals surface area contributed by atoms with Gasteiger partial charge in [0.05, 0.1) is 24.6 Å². The third-order valence-corrected chi connectivity index (χ3v) is 2.96. The van der Waals surface area contributed by atoms with Crippen LogP contribution < -0.4 is 4.90 Å². The summed E-state index contributed by atoms with van der Waals surface area (Å²) in [6.07, 6.45) is 2.53. The van der Waals surface area contributed by atoms with E-state index >= 15 is 0 Å². The molecule has 1 atom stereocenters. The van der Waals surface area contributed by atoms with E-state index < -0.39 is 0 Å². The number of hydrogen-bond acceptors (Lipinski definition) is 4. The normalized spacial score (nSPS) is 20.4. The fourth-order valence-electron chi connectivity index (χ4n) is 1.97. The largest absolute Gasteiger partial charge is 0.375 e. The summed E-state index contributed by atoms with van der Waals surface area (Å²) in [4.78, 5) is 17.9. The molecule has 1 fully saturated rings. The number of Topliss-reactive ketones (excluding diaryl/α,β-unsaturated/α-hetero) is 1. The first-order valence-corrected chi connectivity index (χ1v) is 6.06. The molecule has 0 aromatic carbocycles. The summed E-state index contributed by atoms with van der Waals surface area (Å²) in [6.45, 7) is 6.42. The second kappa shape index (κ2) is 5.27. The van der Waals surface area contributed by atoms with Crippen LogP contribution in [0, 0.1) is 0 Å². The zero-order chi connectivity index (χ0) is 12.3. The molecule has 4 nitrogen and oxygen atoms in total. The Bertz CT molecular complexity index is 389. The van der Waals surface area contributed by atoms with Gasteiger partial charge in [0, 0.05) is 19.5 Å². The number of anilines is 1. The Morgan fingerprint density at radius 3 is 3.00 bits per heavy atom. The molecule has 1 unspecified atom stereocenters. The van der Waals surface area contributed by atoms with Crippen molar-refractivity contribution in [1.82, 2.24) is 4.98 Å². The first-order valence-electron chi connectivity index (χ1n) is 6.06. The number of morpholine rings is 1. The number of rotatable bonds is 3. The van der Waals surface area contributed by atoms with Gasteiger partial charge in [-0.2, -0.15) is 0 Å². The maximum atomic E-state index is 11.5. The molecule has 0 aliphatic carbocycles. The minimum atomic E-state index is 0.0897. The molecule has 1 aromatic heterocycles. The molecule has 0 amide bonds. The van der Waals surface area contributed by atoms with Gasteiger partial charge in [-0.1, -0.05) is 6.92 Å². The summed E-state index contributed by atoms with van der Waals surface area (Å²) in [6, 6.07) is 3.77. The van der Waals surface area contributed by atoms with Gasteiger partial charge in [-0.05, 0) is 19.1 Å². The van der Waals surface area contributed by atoms with Crippen molar-refractivity contribution >= 4 is 11.5 Å². The molecule has 0 saturated carbocycles. The molecule has 0 N–H and O–H groups in total. The predicted molar refractivity (Wildman–Crippen MR) is 66.5 cm³/mol. The smallest absolute Gasteiger partial charge is 0.180 e. The van der Waals surface area contributed by atoms with Crippen LogP contribution in [0.1, 0.15) is 30.8 Å². The number of ketones is 1. The summed E-state index contributed by atoms with van der Waals surface area (Å²) >= 11 is 0. The summed E-state index contributed by atoms with van der Waals surface area (Å²) < 4.78 is 5.49. The van der Waals surface area contributed by atoms with Crippen LogP contribution in [0.25, 0.3) is 0 Å². The Hall–Kier alpha value is -1.42. The number of pyridine rings is 1. The van der Waals surface area contributed by atoms with Gasteiger partial charge < -0.3 is 9.64 Å². The summed E-state index contributed by atoms with van der Waals surface area (Å²) in [5.41, 5.74) is 1.62. The lowest BCUT2D eigenvalue weighted by Crippen LogP contribution is -2.41. The van der Waals surface area contributed by atoms with Crippen LogP contribution in [0.4, 0.5) is 5.69 Å². The lowest BCUT2D eigenvalue weighted by Gasteiger charge is -2.32. The Morgan fingerprint density at radius 1 is 1.59 bits per heavy atom. The highest BCUT2D eigenvalue weighted by molar-refractivity contribution is 5.94. The van der Waals surface area contributed by atoms with E-state index in [-0.39, 0.29) is 11.9 Å². The van der Waals surface area contributed by atoms with E-state index in [2.05, 4.69) is 16.8 Å². The SMILES string of the molecule is CCC(=O)c1ccc(N2CCOC(C)C2)cn1. The van der Waals surface area contributed by atoms with Gasteiger partial charge in [0.1, 0.15) is 5.69 Å². The molecular weight excluding hydrogens is 216 g/mol. The second-order valence-corrected chi connectivity index (χ2v) is 4.31. The highest BCUT2D eigenvalue weighted by atomic mass is 16.5. The van der Waals surface area contributed by atoms with E-state index in [0.717, 1.165) is 25.4 Å². The quantitative estimate of drug-likeness (QED) is 0.749. The lowest BCUT2D eigenvalue weighted by molar-refractivity contribution is 0.0532. The van der Waals surface area contributed by atoms with Gasteiger partial charge in [0.25, 0.3) is 0 Å². The van der Waals surface area contributed by atoms with Gasteiger partial charge in [0.15, 0.2) is 5.78 Å². The van der Waals surface area contributed by atoms with Crippen molar-refractivity contribution in [2.45, 2.75) is 26.4 Å². The van der Waals surface area contributed by atoms with Gasteiger partial charge in [-0.3, -0.25) is 9.78 Å². The standard InChI is InChI=1S/C13H18N2O2/c1-3-13(16)12-5-4-11(8-14-12)15-6-7-17-10(2)9-15/h4-5,8,10H,3,6-7,9H2,1-2H3. The molecule has 0 bridgehead atoms. The lowest BCUT2D eigenvalue weighted by atomic mass is 10.2. The summed E-state index contributed by atoms with van der Waals surface area (Å²) in [5.74, 6) is 0.0897. The Balaban J connectivity index is 2.09. The number of ether oxygens (including phenoxy) is 1. The van der Waals surface area contributed by atoms with E-state index in [4.69, 9.17) is 4.74 Å². The van der Waals surface area contributed by atoms with E-state index in [9.17, 15) is 4.79 Å². The minimum Gasteiger partial charge on any atom is -0.375 e. The van der Waals surface area contributed by atoms with E-state index in [1.807, 2.05) is 13.0 Å². The van der Waals surface area contributed by atoms with Crippen LogP contribution in [-0.4, -0.2) is 36.6 Å². The molecule has 1 saturated heterocycles. The van der Waals surface area contributed by atoms with Crippen molar-refractivity contribution < 1.29 is 9.53 Å². The Kier molecular flexibility index (Phi) is 3.74. The molecule has 1 aliphatic rings. The molecule has 0 radical (unpaired) electrons. The maximum Gasteiger partial charge on any atom is 0.180 e. The van der Waals surface area contributed by atoms with Crippen LogP contribution >= 0.6 is 0 Å². The average Bonchev–Trinajstić information content (AvgIpc) is 2.38. The molecule has 0 spiro atoms. The fraction of sp³-hybridized carbons (Fsp3) is 0.538. The van der Waals surface area contributed by atoms with E-state index in [0.29, 0.717) is 12.1 Å². The van der Waals surface area contributed by atoms with E-state index in [1.165, 1.54) is 0 Å². The number of nitrogens with zero attached hydrogens (tertiary/aromatic N) is 2. The molecular formula is C13H18N2O2. The van der Waals surface area contributed by atoms with Gasteiger partial charge in [-0.25, -0.2) is 0 Å².